The van der Waals surface area contributed by atoms with Crippen molar-refractivity contribution in [3.63, 3.8) is 0 Å². The predicted molar refractivity (Wildman–Crippen MR) is 42.9 cm³/mol. The lowest BCUT2D eigenvalue weighted by molar-refractivity contribution is -0.135. The van der Waals surface area contributed by atoms with Crippen LogP contribution in [0.3, 0.4) is 0 Å². The van der Waals surface area contributed by atoms with Crippen molar-refractivity contribution in [2.75, 3.05) is 18.5 Å². The molecule has 1 heterocycles. The molecule has 1 N–H and O–H groups in total. The Morgan fingerprint density at radius 1 is 1.62 bits per heavy atom. The molecule has 1 rings (SSSR count). The lowest BCUT2D eigenvalue weighted by atomic mass is 10.5. The highest BCUT2D eigenvalue weighted by molar-refractivity contribution is 5.72. The number of aromatic nitrogens is 2. The van der Waals surface area contributed by atoms with Crippen LogP contribution in [0.15, 0.2) is 12.4 Å². The fraction of sp³-hybridized carbons (Fsp3) is 0.286. The zero-order chi connectivity index (χ0) is 9.84. The van der Waals surface area contributed by atoms with Crippen LogP contribution < -0.4 is 4.90 Å². The van der Waals surface area contributed by atoms with Crippen LogP contribution in [0.4, 0.5) is 10.3 Å². The van der Waals surface area contributed by atoms with Crippen LogP contribution in [0.1, 0.15) is 0 Å². The number of carboxylic acid groups (broad SMARTS) is 1. The average molecular weight is 185 g/mol. The van der Waals surface area contributed by atoms with Crippen LogP contribution in [-0.2, 0) is 4.79 Å². The zero-order valence-electron chi connectivity index (χ0n) is 6.94. The monoisotopic (exact) mass is 185 g/mol. The van der Waals surface area contributed by atoms with E-state index in [4.69, 9.17) is 5.11 Å². The molecule has 6 heteroatoms. The lowest BCUT2D eigenvalue weighted by Gasteiger charge is -2.12. The van der Waals surface area contributed by atoms with E-state index in [1.807, 2.05) is 0 Å². The molecule has 0 amide bonds. The van der Waals surface area contributed by atoms with Crippen molar-refractivity contribution in [3.05, 3.63) is 18.2 Å². The van der Waals surface area contributed by atoms with E-state index in [1.54, 1.807) is 0 Å². The normalized spacial score (nSPS) is 9.69. The van der Waals surface area contributed by atoms with Crippen LogP contribution in [0.2, 0.25) is 0 Å². The number of aliphatic carboxylic acids is 1. The Hall–Kier alpha value is -1.72. The summed E-state index contributed by atoms with van der Waals surface area (Å²) < 4.78 is 12.4. The van der Waals surface area contributed by atoms with E-state index in [2.05, 4.69) is 9.97 Å². The molecule has 1 aromatic heterocycles. The molecule has 70 valence electrons. The molecule has 0 spiro atoms. The van der Waals surface area contributed by atoms with E-state index < -0.39 is 11.8 Å². The highest BCUT2D eigenvalue weighted by atomic mass is 19.1. The number of carbonyl (C=O) groups is 1. The van der Waals surface area contributed by atoms with Gasteiger partial charge in [-0.25, -0.2) is 14.4 Å². The van der Waals surface area contributed by atoms with Gasteiger partial charge in [-0.05, 0) is 0 Å². The van der Waals surface area contributed by atoms with Crippen molar-refractivity contribution in [2.24, 2.45) is 0 Å². The molecule has 0 aliphatic heterocycles. The smallest absolute Gasteiger partial charge is 0.323 e. The highest BCUT2D eigenvalue weighted by Gasteiger charge is 2.07. The van der Waals surface area contributed by atoms with Crippen LogP contribution in [-0.4, -0.2) is 34.6 Å². The van der Waals surface area contributed by atoms with Crippen LogP contribution in [0.25, 0.3) is 0 Å². The van der Waals surface area contributed by atoms with Gasteiger partial charge in [0, 0.05) is 7.05 Å². The zero-order valence-corrected chi connectivity index (χ0v) is 6.94. The van der Waals surface area contributed by atoms with Crippen molar-refractivity contribution >= 4 is 11.9 Å². The second kappa shape index (κ2) is 3.79. The Bertz CT molecular complexity index is 301. The molecule has 5 nitrogen and oxygen atoms in total. The number of anilines is 1. The second-order valence-electron chi connectivity index (χ2n) is 2.45. The van der Waals surface area contributed by atoms with E-state index in [0.717, 1.165) is 12.4 Å². The summed E-state index contributed by atoms with van der Waals surface area (Å²) in [7, 11) is 1.52. The molecule has 0 aliphatic carbocycles. The number of hydrogen-bond donors (Lipinski definition) is 1. The Morgan fingerprint density at radius 2 is 2.15 bits per heavy atom. The van der Waals surface area contributed by atoms with Crippen molar-refractivity contribution in [3.8, 4) is 0 Å². The molecule has 0 atom stereocenters. The maximum atomic E-state index is 12.4. The second-order valence-corrected chi connectivity index (χ2v) is 2.45. The standard InChI is InChI=1S/C7H8FN3O2/c1-11(4-6(12)13)7-9-2-5(8)3-10-7/h2-3H,4H2,1H3,(H,12,13). The van der Waals surface area contributed by atoms with E-state index in [9.17, 15) is 9.18 Å². The predicted octanol–water partition coefficient (Wildman–Crippen LogP) is 0.136. The molecule has 0 fully saturated rings. The van der Waals surface area contributed by atoms with Gasteiger partial charge >= 0.3 is 5.97 Å². The minimum Gasteiger partial charge on any atom is -0.480 e. The number of rotatable bonds is 3. The van der Waals surface area contributed by atoms with Gasteiger partial charge in [-0.2, -0.15) is 0 Å². The van der Waals surface area contributed by atoms with Crippen LogP contribution in [0.5, 0.6) is 0 Å². The van der Waals surface area contributed by atoms with Gasteiger partial charge in [0.1, 0.15) is 6.54 Å². The van der Waals surface area contributed by atoms with Crippen molar-refractivity contribution in [1.29, 1.82) is 0 Å². The lowest BCUT2D eigenvalue weighted by Crippen LogP contribution is -2.26. The van der Waals surface area contributed by atoms with Gasteiger partial charge in [-0.3, -0.25) is 4.79 Å². The third-order valence-electron chi connectivity index (χ3n) is 1.32. The van der Waals surface area contributed by atoms with Crippen molar-refractivity contribution in [2.45, 2.75) is 0 Å². The topological polar surface area (TPSA) is 66.3 Å². The summed E-state index contributed by atoms with van der Waals surface area (Å²) in [5.74, 6) is -1.35. The van der Waals surface area contributed by atoms with E-state index >= 15 is 0 Å². The molecule has 0 unspecified atom stereocenters. The summed E-state index contributed by atoms with van der Waals surface area (Å²) in [4.78, 5) is 18.8. The number of hydrogen-bond acceptors (Lipinski definition) is 4. The largest absolute Gasteiger partial charge is 0.480 e. The van der Waals surface area contributed by atoms with Gasteiger partial charge in [0.15, 0.2) is 5.82 Å². The fourth-order valence-corrected chi connectivity index (χ4v) is 0.776. The summed E-state index contributed by atoms with van der Waals surface area (Å²) in [5.41, 5.74) is 0. The van der Waals surface area contributed by atoms with Gasteiger partial charge in [-0.1, -0.05) is 0 Å². The molecule has 0 radical (unpaired) electrons. The van der Waals surface area contributed by atoms with Crippen LogP contribution >= 0.6 is 0 Å². The minimum absolute atomic E-state index is 0.184. The summed E-state index contributed by atoms with van der Waals surface area (Å²) in [5, 5.41) is 8.43. The first-order valence-corrected chi connectivity index (χ1v) is 3.50. The maximum absolute atomic E-state index is 12.4. The third kappa shape index (κ3) is 2.66. The highest BCUT2D eigenvalue weighted by Crippen LogP contribution is 2.02. The van der Waals surface area contributed by atoms with Gasteiger partial charge in [0.2, 0.25) is 5.95 Å². The molecule has 1 aromatic rings. The van der Waals surface area contributed by atoms with Crippen molar-refractivity contribution < 1.29 is 14.3 Å². The minimum atomic E-state index is -0.990. The average Bonchev–Trinajstić information content (AvgIpc) is 2.04. The first-order valence-electron chi connectivity index (χ1n) is 3.50. The molecule has 0 saturated carbocycles. The van der Waals surface area contributed by atoms with Crippen molar-refractivity contribution in [1.82, 2.24) is 9.97 Å². The molecule has 0 aliphatic rings. The molecule has 0 aromatic carbocycles. The maximum Gasteiger partial charge on any atom is 0.323 e. The summed E-state index contributed by atoms with van der Waals surface area (Å²) >= 11 is 0. The molecule has 0 saturated heterocycles. The van der Waals surface area contributed by atoms with E-state index in [0.29, 0.717) is 0 Å². The Morgan fingerprint density at radius 3 is 2.62 bits per heavy atom. The third-order valence-corrected chi connectivity index (χ3v) is 1.32. The van der Waals surface area contributed by atoms with Crippen LogP contribution in [0, 0.1) is 5.82 Å². The Balaban J connectivity index is 2.71. The number of likely N-dealkylation sites (N-methyl/N-ethyl adjacent to an activating group) is 1. The molecular formula is C7H8FN3O2. The first kappa shape index (κ1) is 9.37. The molecule has 0 bridgehead atoms. The molecule has 13 heavy (non-hydrogen) atoms. The number of carboxylic acids is 1. The number of halogens is 1. The van der Waals surface area contributed by atoms with E-state index in [-0.39, 0.29) is 12.5 Å². The molecular weight excluding hydrogens is 177 g/mol. The van der Waals surface area contributed by atoms with E-state index in [1.165, 1.54) is 11.9 Å². The van der Waals surface area contributed by atoms with Gasteiger partial charge in [0.25, 0.3) is 0 Å². The fourth-order valence-electron chi connectivity index (χ4n) is 0.776. The quantitative estimate of drug-likeness (QED) is 0.725. The Labute approximate surface area is 73.8 Å². The number of nitrogens with zero attached hydrogens (tertiary/aromatic N) is 3. The Kier molecular flexibility index (Phi) is 2.73. The summed E-state index contributed by atoms with van der Waals surface area (Å²) in [6.45, 7) is -0.217. The summed E-state index contributed by atoms with van der Waals surface area (Å²) in [6, 6.07) is 0. The van der Waals surface area contributed by atoms with Gasteiger partial charge in [-0.15, -0.1) is 0 Å². The first-order chi connectivity index (χ1) is 6.09. The summed E-state index contributed by atoms with van der Waals surface area (Å²) in [6.07, 6.45) is 1.97. The van der Waals surface area contributed by atoms with Gasteiger partial charge < -0.3 is 10.0 Å². The SMILES string of the molecule is CN(CC(=O)O)c1ncc(F)cn1. The van der Waals surface area contributed by atoms with Gasteiger partial charge in [0.05, 0.1) is 12.4 Å².